The average molecular weight is 359 g/mol. The van der Waals surface area contributed by atoms with Crippen LogP contribution in [0.5, 0.6) is 5.88 Å². The summed E-state index contributed by atoms with van der Waals surface area (Å²) in [6.07, 6.45) is 4.39. The third-order valence-electron chi connectivity index (χ3n) is 4.05. The van der Waals surface area contributed by atoms with E-state index in [0.29, 0.717) is 24.9 Å². The molecule has 1 saturated carbocycles. The minimum Gasteiger partial charge on any atom is -0.477 e. The Hall–Kier alpha value is -2.27. The van der Waals surface area contributed by atoms with Gasteiger partial charge in [-0.05, 0) is 36.0 Å². The molecule has 0 amide bonds. The summed E-state index contributed by atoms with van der Waals surface area (Å²) in [6, 6.07) is 11.7. The Morgan fingerprint density at radius 1 is 1.20 bits per heavy atom. The van der Waals surface area contributed by atoms with Gasteiger partial charge in [0.2, 0.25) is 5.88 Å². The lowest BCUT2D eigenvalue weighted by Gasteiger charge is -2.13. The third kappa shape index (κ3) is 5.64. The summed E-state index contributed by atoms with van der Waals surface area (Å²) in [5.74, 6) is 2.14. The number of ether oxygens (including phenoxy) is 1. The van der Waals surface area contributed by atoms with Gasteiger partial charge in [-0.15, -0.1) is 0 Å². The topological polar surface area (TPSA) is 58.5 Å². The summed E-state index contributed by atoms with van der Waals surface area (Å²) >= 11 is 6.17. The molecule has 1 aromatic carbocycles. The van der Waals surface area contributed by atoms with E-state index in [2.05, 4.69) is 20.6 Å². The van der Waals surface area contributed by atoms with Crippen LogP contribution in [0.4, 0.5) is 0 Å². The fourth-order valence-electron chi connectivity index (χ4n) is 2.32. The molecule has 1 aromatic heterocycles. The Labute approximate surface area is 153 Å². The van der Waals surface area contributed by atoms with E-state index >= 15 is 0 Å². The number of hydrogen-bond acceptors (Lipinski definition) is 3. The van der Waals surface area contributed by atoms with Gasteiger partial charge in [0, 0.05) is 37.4 Å². The zero-order valence-corrected chi connectivity index (χ0v) is 15.1. The predicted molar refractivity (Wildman–Crippen MR) is 101 cm³/mol. The highest BCUT2D eigenvalue weighted by atomic mass is 35.5. The highest BCUT2D eigenvalue weighted by Gasteiger charge is 2.21. The molecule has 0 atom stereocenters. The molecule has 2 N–H and O–H groups in total. The fourth-order valence-corrected chi connectivity index (χ4v) is 2.52. The molecule has 0 radical (unpaired) electrons. The van der Waals surface area contributed by atoms with Crippen molar-refractivity contribution in [1.82, 2.24) is 15.6 Å². The summed E-state index contributed by atoms with van der Waals surface area (Å²) in [6.45, 7) is 2.03. The quantitative estimate of drug-likeness (QED) is 0.588. The van der Waals surface area contributed by atoms with Crippen molar-refractivity contribution >= 4 is 17.6 Å². The first-order chi connectivity index (χ1) is 12.2. The van der Waals surface area contributed by atoms with Crippen LogP contribution in [0.25, 0.3) is 0 Å². The molecule has 0 unspecified atom stereocenters. The van der Waals surface area contributed by atoms with E-state index < -0.39 is 0 Å². The van der Waals surface area contributed by atoms with E-state index in [4.69, 9.17) is 16.3 Å². The van der Waals surface area contributed by atoms with E-state index in [1.54, 1.807) is 7.05 Å². The molecule has 0 bridgehead atoms. The minimum atomic E-state index is 0.617. The number of aliphatic imine (C=N–C) groups is 1. The number of halogens is 1. The number of rotatable bonds is 7. The lowest BCUT2D eigenvalue weighted by Crippen LogP contribution is -2.36. The molecule has 25 heavy (non-hydrogen) atoms. The first-order valence-electron chi connectivity index (χ1n) is 8.50. The second kappa shape index (κ2) is 8.72. The van der Waals surface area contributed by atoms with Gasteiger partial charge in [-0.3, -0.25) is 4.99 Å². The lowest BCUT2D eigenvalue weighted by atomic mass is 10.2. The van der Waals surface area contributed by atoms with Crippen LogP contribution in [0.3, 0.4) is 0 Å². The smallest absolute Gasteiger partial charge is 0.213 e. The van der Waals surface area contributed by atoms with Crippen molar-refractivity contribution in [2.45, 2.75) is 25.9 Å². The maximum Gasteiger partial charge on any atom is 0.213 e. The van der Waals surface area contributed by atoms with Crippen LogP contribution in [0.15, 0.2) is 47.6 Å². The molecule has 0 aliphatic heterocycles. The molecule has 2 aromatic rings. The van der Waals surface area contributed by atoms with Crippen molar-refractivity contribution in [1.29, 1.82) is 0 Å². The summed E-state index contributed by atoms with van der Waals surface area (Å²) in [5, 5.41) is 7.27. The van der Waals surface area contributed by atoms with Crippen LogP contribution < -0.4 is 15.4 Å². The van der Waals surface area contributed by atoms with Crippen molar-refractivity contribution in [3.63, 3.8) is 0 Å². The SMILES string of the molecule is CN=C(NCc1ccc(OCC2CC2)nc1)NCc1ccccc1Cl. The van der Waals surface area contributed by atoms with Crippen molar-refractivity contribution in [2.75, 3.05) is 13.7 Å². The molecular formula is C19H23ClN4O. The van der Waals surface area contributed by atoms with Crippen molar-refractivity contribution in [3.05, 3.63) is 58.7 Å². The van der Waals surface area contributed by atoms with Crippen LogP contribution in [-0.2, 0) is 13.1 Å². The fraction of sp³-hybridized carbons (Fsp3) is 0.368. The lowest BCUT2D eigenvalue weighted by molar-refractivity contribution is 0.288. The molecule has 5 nitrogen and oxygen atoms in total. The number of hydrogen-bond donors (Lipinski definition) is 2. The Morgan fingerprint density at radius 3 is 2.68 bits per heavy atom. The van der Waals surface area contributed by atoms with E-state index in [9.17, 15) is 0 Å². The monoisotopic (exact) mass is 358 g/mol. The van der Waals surface area contributed by atoms with Gasteiger partial charge < -0.3 is 15.4 Å². The maximum atomic E-state index is 6.17. The second-order valence-corrected chi connectivity index (χ2v) is 6.54. The van der Waals surface area contributed by atoms with Crippen LogP contribution in [0, 0.1) is 5.92 Å². The van der Waals surface area contributed by atoms with Gasteiger partial charge in [0.15, 0.2) is 5.96 Å². The van der Waals surface area contributed by atoms with Gasteiger partial charge in [0.25, 0.3) is 0 Å². The zero-order valence-electron chi connectivity index (χ0n) is 14.3. The highest BCUT2D eigenvalue weighted by Crippen LogP contribution is 2.29. The van der Waals surface area contributed by atoms with Gasteiger partial charge in [-0.25, -0.2) is 4.98 Å². The van der Waals surface area contributed by atoms with Crippen LogP contribution >= 0.6 is 11.6 Å². The standard InChI is InChI=1S/C19H23ClN4O/c1-21-19(24-12-16-4-2-3-5-17(16)20)23-11-15-8-9-18(22-10-15)25-13-14-6-7-14/h2-5,8-10,14H,6-7,11-13H2,1H3,(H2,21,23,24). The number of pyridine rings is 1. The number of aromatic nitrogens is 1. The molecule has 132 valence electrons. The van der Waals surface area contributed by atoms with Gasteiger partial charge >= 0.3 is 0 Å². The van der Waals surface area contributed by atoms with Gasteiger partial charge in [0.05, 0.1) is 6.61 Å². The van der Waals surface area contributed by atoms with E-state index in [0.717, 1.165) is 28.7 Å². The third-order valence-corrected chi connectivity index (χ3v) is 4.42. The molecule has 0 saturated heterocycles. The van der Waals surface area contributed by atoms with E-state index in [1.165, 1.54) is 12.8 Å². The summed E-state index contributed by atoms with van der Waals surface area (Å²) in [5.41, 5.74) is 2.10. The van der Waals surface area contributed by atoms with Gasteiger partial charge in [0.1, 0.15) is 0 Å². The average Bonchev–Trinajstić information content (AvgIpc) is 3.47. The Balaban J connectivity index is 1.44. The van der Waals surface area contributed by atoms with Crippen molar-refractivity contribution in [3.8, 4) is 5.88 Å². The van der Waals surface area contributed by atoms with Crippen LogP contribution in [0.1, 0.15) is 24.0 Å². The minimum absolute atomic E-state index is 0.617. The second-order valence-electron chi connectivity index (χ2n) is 6.13. The van der Waals surface area contributed by atoms with E-state index in [-0.39, 0.29) is 0 Å². The molecule has 1 fully saturated rings. The molecular weight excluding hydrogens is 336 g/mol. The first-order valence-corrected chi connectivity index (χ1v) is 8.88. The van der Waals surface area contributed by atoms with Crippen molar-refractivity contribution < 1.29 is 4.74 Å². The Kier molecular flexibility index (Phi) is 6.12. The molecule has 1 aliphatic rings. The molecule has 6 heteroatoms. The number of nitrogens with one attached hydrogen (secondary N) is 2. The Bertz CT molecular complexity index is 714. The Morgan fingerprint density at radius 2 is 2.00 bits per heavy atom. The maximum absolute atomic E-state index is 6.17. The summed E-state index contributed by atoms with van der Waals surface area (Å²) < 4.78 is 5.65. The van der Waals surface area contributed by atoms with Crippen molar-refractivity contribution in [2.24, 2.45) is 10.9 Å². The number of guanidine groups is 1. The highest BCUT2D eigenvalue weighted by molar-refractivity contribution is 6.31. The molecule has 1 aliphatic carbocycles. The summed E-state index contributed by atoms with van der Waals surface area (Å²) in [4.78, 5) is 8.57. The van der Waals surface area contributed by atoms with Crippen LogP contribution in [0.2, 0.25) is 5.02 Å². The van der Waals surface area contributed by atoms with Gasteiger partial charge in [-0.2, -0.15) is 0 Å². The summed E-state index contributed by atoms with van der Waals surface area (Å²) in [7, 11) is 1.75. The normalized spacial score (nSPS) is 14.2. The molecule has 1 heterocycles. The molecule has 0 spiro atoms. The number of nitrogens with zero attached hydrogens (tertiary/aromatic N) is 2. The largest absolute Gasteiger partial charge is 0.477 e. The molecule has 3 rings (SSSR count). The van der Waals surface area contributed by atoms with Gasteiger partial charge in [-0.1, -0.05) is 35.9 Å². The van der Waals surface area contributed by atoms with Crippen LogP contribution in [-0.4, -0.2) is 24.6 Å². The predicted octanol–water partition coefficient (Wildman–Crippen LogP) is 3.39. The first kappa shape index (κ1) is 17.5. The number of benzene rings is 1. The van der Waals surface area contributed by atoms with E-state index in [1.807, 2.05) is 42.6 Å². The zero-order chi connectivity index (χ0) is 17.5.